The van der Waals surface area contributed by atoms with Crippen LogP contribution in [-0.4, -0.2) is 25.2 Å². The van der Waals surface area contributed by atoms with Crippen LogP contribution in [0.4, 0.5) is 49.1 Å². The molecule has 218 valence electrons. The van der Waals surface area contributed by atoms with Crippen molar-refractivity contribution in [3.8, 4) is 0 Å². The number of rotatable bonds is 9. The minimum Gasteiger partial charge on any atom is -0.458 e. The maximum atomic E-state index is 13.0. The summed E-state index contributed by atoms with van der Waals surface area (Å²) >= 11 is 0. The van der Waals surface area contributed by atoms with Gasteiger partial charge in [-0.1, -0.05) is 36.4 Å². The molecule has 42 heavy (non-hydrogen) atoms. The highest BCUT2D eigenvalue weighted by Gasteiger charge is 2.31. The van der Waals surface area contributed by atoms with Gasteiger partial charge in [0.15, 0.2) is 0 Å². The van der Waals surface area contributed by atoms with Crippen molar-refractivity contribution >= 4 is 34.7 Å². The molecule has 12 heteroatoms. The molecule has 0 atom stereocenters. The normalized spacial score (nSPS) is 11.5. The number of benzene rings is 4. The first kappa shape index (κ1) is 30.0. The highest BCUT2D eigenvalue weighted by atomic mass is 19.4. The fourth-order valence-corrected chi connectivity index (χ4v) is 3.82. The van der Waals surface area contributed by atoms with E-state index in [4.69, 9.17) is 9.47 Å². The zero-order chi connectivity index (χ0) is 30.3. The van der Waals surface area contributed by atoms with Gasteiger partial charge in [-0.15, -0.1) is 0 Å². The average Bonchev–Trinajstić information content (AvgIpc) is 2.95. The Kier molecular flexibility index (Phi) is 9.04. The van der Waals surface area contributed by atoms with Crippen LogP contribution in [0, 0.1) is 0 Å². The van der Waals surface area contributed by atoms with E-state index in [1.165, 1.54) is 48.5 Å². The fraction of sp³-hybridized carbons (Fsp3) is 0.133. The molecule has 0 aliphatic heterocycles. The second kappa shape index (κ2) is 12.7. The van der Waals surface area contributed by atoms with Crippen molar-refractivity contribution in [1.82, 2.24) is 0 Å². The van der Waals surface area contributed by atoms with E-state index in [1.54, 1.807) is 24.3 Å². The molecule has 0 heterocycles. The third-order valence-corrected chi connectivity index (χ3v) is 5.78. The SMILES string of the molecule is O=C(OCCOC(=O)c1ccccc1Nc1cccc(C(F)(F)F)c1)c1ccccc1Nc1cccc(C(F)(F)F)c1. The molecule has 2 N–H and O–H groups in total. The molecule has 0 fully saturated rings. The highest BCUT2D eigenvalue weighted by molar-refractivity contribution is 5.97. The summed E-state index contributed by atoms with van der Waals surface area (Å²) < 4.78 is 88.7. The second-order valence-corrected chi connectivity index (χ2v) is 8.77. The number of hydrogen-bond acceptors (Lipinski definition) is 6. The van der Waals surface area contributed by atoms with Gasteiger partial charge >= 0.3 is 24.3 Å². The first-order chi connectivity index (χ1) is 19.9. The van der Waals surface area contributed by atoms with Crippen LogP contribution in [0.25, 0.3) is 0 Å². The van der Waals surface area contributed by atoms with Gasteiger partial charge in [-0.05, 0) is 60.7 Å². The molecular formula is C30H22F6N2O4. The Labute approximate surface area is 235 Å². The first-order valence-electron chi connectivity index (χ1n) is 12.3. The Morgan fingerprint density at radius 2 is 0.929 bits per heavy atom. The first-order valence-corrected chi connectivity index (χ1v) is 12.3. The van der Waals surface area contributed by atoms with Gasteiger partial charge in [0.1, 0.15) is 13.2 Å². The largest absolute Gasteiger partial charge is 0.458 e. The molecule has 0 amide bonds. The van der Waals surface area contributed by atoms with Gasteiger partial charge in [-0.25, -0.2) is 9.59 Å². The maximum Gasteiger partial charge on any atom is 0.416 e. The van der Waals surface area contributed by atoms with Gasteiger partial charge in [0.2, 0.25) is 0 Å². The summed E-state index contributed by atoms with van der Waals surface area (Å²) in [6.07, 6.45) is -9.08. The van der Waals surface area contributed by atoms with Crippen molar-refractivity contribution in [3.05, 3.63) is 119 Å². The lowest BCUT2D eigenvalue weighted by molar-refractivity contribution is -0.138. The minimum atomic E-state index is -4.54. The van der Waals surface area contributed by atoms with Crippen LogP contribution >= 0.6 is 0 Å². The van der Waals surface area contributed by atoms with Crippen molar-refractivity contribution < 1.29 is 45.4 Å². The van der Waals surface area contributed by atoms with Gasteiger partial charge in [0.25, 0.3) is 0 Å². The van der Waals surface area contributed by atoms with Gasteiger partial charge < -0.3 is 20.1 Å². The zero-order valence-electron chi connectivity index (χ0n) is 21.6. The van der Waals surface area contributed by atoms with Gasteiger partial charge in [0, 0.05) is 11.4 Å². The number of esters is 2. The summed E-state index contributed by atoms with van der Waals surface area (Å²) in [5.41, 5.74) is -1.02. The lowest BCUT2D eigenvalue weighted by atomic mass is 10.1. The van der Waals surface area contributed by atoms with Crippen molar-refractivity contribution in [3.63, 3.8) is 0 Å². The maximum absolute atomic E-state index is 13.0. The number of ether oxygens (including phenoxy) is 2. The number of para-hydroxylation sites is 2. The standard InChI is InChI=1S/C30H22F6N2O4/c31-29(32,33)19-7-5-9-21(17-19)37-25-13-3-1-11-23(25)27(39)41-15-16-42-28(40)24-12-2-4-14-26(24)38-22-10-6-8-20(18-22)30(34,35)36/h1-14,17-18,37-38H,15-16H2. The number of carbonyl (C=O) groups excluding carboxylic acids is 2. The molecule has 0 saturated heterocycles. The highest BCUT2D eigenvalue weighted by Crippen LogP contribution is 2.33. The molecule has 0 saturated carbocycles. The fourth-order valence-electron chi connectivity index (χ4n) is 3.82. The summed E-state index contributed by atoms with van der Waals surface area (Å²) in [4.78, 5) is 25.4. The lowest BCUT2D eigenvalue weighted by Gasteiger charge is -2.14. The Bertz CT molecular complexity index is 1450. The van der Waals surface area contributed by atoms with E-state index < -0.39 is 35.4 Å². The summed E-state index contributed by atoms with van der Waals surface area (Å²) in [5, 5.41) is 5.56. The van der Waals surface area contributed by atoms with Crippen LogP contribution in [0.15, 0.2) is 97.1 Å². The predicted octanol–water partition coefficient (Wildman–Crippen LogP) is 8.23. The van der Waals surface area contributed by atoms with Gasteiger partial charge in [0.05, 0.1) is 33.6 Å². The molecule has 0 radical (unpaired) electrons. The molecule has 0 spiro atoms. The summed E-state index contributed by atoms with van der Waals surface area (Å²) in [5.74, 6) is -1.62. The Hall–Kier alpha value is -5.00. The van der Waals surface area contributed by atoms with Gasteiger partial charge in [-0.2, -0.15) is 26.3 Å². The number of carbonyl (C=O) groups is 2. The van der Waals surface area contributed by atoms with Crippen LogP contribution in [-0.2, 0) is 21.8 Å². The van der Waals surface area contributed by atoms with E-state index in [0.717, 1.165) is 24.3 Å². The monoisotopic (exact) mass is 588 g/mol. The van der Waals surface area contributed by atoms with Crippen LogP contribution in [0.2, 0.25) is 0 Å². The third-order valence-electron chi connectivity index (χ3n) is 5.78. The zero-order valence-corrected chi connectivity index (χ0v) is 21.6. The molecule has 0 unspecified atom stereocenters. The molecule has 0 aliphatic carbocycles. The summed E-state index contributed by atoms with van der Waals surface area (Å²) in [7, 11) is 0. The number of nitrogens with one attached hydrogen (secondary N) is 2. The Morgan fingerprint density at radius 1 is 0.548 bits per heavy atom. The average molecular weight is 589 g/mol. The minimum absolute atomic E-state index is 0.0388. The molecular weight excluding hydrogens is 566 g/mol. The smallest absolute Gasteiger partial charge is 0.416 e. The van der Waals surface area contributed by atoms with E-state index in [-0.39, 0.29) is 47.1 Å². The van der Waals surface area contributed by atoms with Crippen molar-refractivity contribution in [2.75, 3.05) is 23.8 Å². The number of halogens is 6. The number of anilines is 4. The predicted molar refractivity (Wildman–Crippen MR) is 143 cm³/mol. The van der Waals surface area contributed by atoms with Crippen molar-refractivity contribution in [2.24, 2.45) is 0 Å². The quantitative estimate of drug-likeness (QED) is 0.117. The summed E-state index contributed by atoms with van der Waals surface area (Å²) in [6, 6.07) is 21.0. The number of hydrogen-bond donors (Lipinski definition) is 2. The Balaban J connectivity index is 1.35. The molecule has 0 bridgehead atoms. The van der Waals surface area contributed by atoms with E-state index in [9.17, 15) is 35.9 Å². The molecule has 4 aromatic rings. The van der Waals surface area contributed by atoms with Crippen molar-refractivity contribution in [2.45, 2.75) is 12.4 Å². The Morgan fingerprint density at radius 3 is 1.31 bits per heavy atom. The molecule has 0 aliphatic rings. The molecule has 4 aromatic carbocycles. The van der Waals surface area contributed by atoms with Crippen LogP contribution < -0.4 is 10.6 Å². The third kappa shape index (κ3) is 7.80. The van der Waals surface area contributed by atoms with Crippen LogP contribution in [0.1, 0.15) is 31.8 Å². The lowest BCUT2D eigenvalue weighted by Crippen LogP contribution is -2.16. The molecule has 6 nitrogen and oxygen atoms in total. The van der Waals surface area contributed by atoms with E-state index >= 15 is 0 Å². The van der Waals surface area contributed by atoms with E-state index in [1.807, 2.05) is 0 Å². The summed E-state index contributed by atoms with van der Waals surface area (Å²) in [6.45, 7) is -0.683. The topological polar surface area (TPSA) is 76.7 Å². The molecule has 0 aromatic heterocycles. The number of alkyl halides is 6. The van der Waals surface area contributed by atoms with Crippen molar-refractivity contribution in [1.29, 1.82) is 0 Å². The van der Waals surface area contributed by atoms with Crippen LogP contribution in [0.3, 0.4) is 0 Å². The van der Waals surface area contributed by atoms with E-state index in [2.05, 4.69) is 10.6 Å². The van der Waals surface area contributed by atoms with Gasteiger partial charge in [-0.3, -0.25) is 0 Å². The van der Waals surface area contributed by atoms with E-state index in [0.29, 0.717) is 0 Å². The molecule has 4 rings (SSSR count). The second-order valence-electron chi connectivity index (χ2n) is 8.77. The van der Waals surface area contributed by atoms with Crippen LogP contribution in [0.5, 0.6) is 0 Å².